The highest BCUT2D eigenvalue weighted by atomic mass is 32.1. The summed E-state index contributed by atoms with van der Waals surface area (Å²) in [5.41, 5.74) is 2.09. The Labute approximate surface area is 127 Å². The first kappa shape index (κ1) is 15.5. The predicted molar refractivity (Wildman–Crippen MR) is 83.8 cm³/mol. The van der Waals surface area contributed by atoms with Gasteiger partial charge in [-0.3, -0.25) is 10.1 Å². The zero-order chi connectivity index (χ0) is 15.2. The van der Waals surface area contributed by atoms with Crippen molar-refractivity contribution in [2.75, 3.05) is 6.61 Å². The van der Waals surface area contributed by atoms with E-state index < -0.39 is 0 Å². The molecule has 0 radical (unpaired) electrons. The van der Waals surface area contributed by atoms with Crippen molar-refractivity contribution in [3.05, 3.63) is 57.0 Å². The molecule has 1 aromatic carbocycles. The van der Waals surface area contributed by atoms with Crippen LogP contribution in [-0.4, -0.2) is 11.5 Å². The number of hydrogen-bond acceptors (Lipinski definition) is 5. The van der Waals surface area contributed by atoms with Crippen LogP contribution in [0.4, 0.5) is 5.00 Å². The van der Waals surface area contributed by atoms with Gasteiger partial charge in [0.05, 0.1) is 11.5 Å². The molecule has 112 valence electrons. The van der Waals surface area contributed by atoms with Crippen LogP contribution in [0.1, 0.15) is 31.0 Å². The van der Waals surface area contributed by atoms with E-state index in [9.17, 15) is 10.1 Å². The van der Waals surface area contributed by atoms with Crippen molar-refractivity contribution >= 4 is 16.3 Å². The fraction of sp³-hybridized carbons (Fsp3) is 0.333. The van der Waals surface area contributed by atoms with Gasteiger partial charge in [0.2, 0.25) is 0 Å². The van der Waals surface area contributed by atoms with Gasteiger partial charge >= 0.3 is 5.00 Å². The SMILES string of the molecule is CCOc1ccc(C(C)NCc2csc([N+](=O)[O-])c2)cc1. The highest BCUT2D eigenvalue weighted by Gasteiger charge is 2.11. The summed E-state index contributed by atoms with van der Waals surface area (Å²) in [6.07, 6.45) is 0. The molecule has 0 aliphatic heterocycles. The van der Waals surface area contributed by atoms with Gasteiger partial charge in [-0.2, -0.15) is 0 Å². The lowest BCUT2D eigenvalue weighted by Crippen LogP contribution is -2.17. The molecule has 0 saturated carbocycles. The van der Waals surface area contributed by atoms with Crippen LogP contribution in [0.15, 0.2) is 35.7 Å². The largest absolute Gasteiger partial charge is 0.494 e. The smallest absolute Gasteiger partial charge is 0.324 e. The summed E-state index contributed by atoms with van der Waals surface area (Å²) >= 11 is 1.16. The zero-order valence-corrected chi connectivity index (χ0v) is 12.9. The molecular weight excluding hydrogens is 288 g/mol. The van der Waals surface area contributed by atoms with Gasteiger partial charge in [-0.1, -0.05) is 23.5 Å². The first-order valence-electron chi connectivity index (χ1n) is 6.78. The van der Waals surface area contributed by atoms with Crippen LogP contribution in [0.25, 0.3) is 0 Å². The van der Waals surface area contributed by atoms with Crippen LogP contribution in [0, 0.1) is 10.1 Å². The van der Waals surface area contributed by atoms with E-state index in [1.165, 1.54) is 0 Å². The topological polar surface area (TPSA) is 64.4 Å². The van der Waals surface area contributed by atoms with Crippen molar-refractivity contribution in [3.63, 3.8) is 0 Å². The molecule has 0 aliphatic carbocycles. The molecule has 1 aromatic heterocycles. The Morgan fingerprint density at radius 2 is 2.10 bits per heavy atom. The number of hydrogen-bond donors (Lipinski definition) is 1. The van der Waals surface area contributed by atoms with Crippen molar-refractivity contribution in [1.29, 1.82) is 0 Å². The molecule has 21 heavy (non-hydrogen) atoms. The number of rotatable bonds is 7. The number of nitrogens with one attached hydrogen (secondary N) is 1. The monoisotopic (exact) mass is 306 g/mol. The lowest BCUT2D eigenvalue weighted by atomic mass is 10.1. The predicted octanol–water partition coefficient (Wildman–Crippen LogP) is 3.91. The minimum Gasteiger partial charge on any atom is -0.494 e. The molecule has 1 atom stereocenters. The van der Waals surface area contributed by atoms with E-state index in [1.54, 1.807) is 6.07 Å². The van der Waals surface area contributed by atoms with Gasteiger partial charge < -0.3 is 10.1 Å². The second-order valence-electron chi connectivity index (χ2n) is 4.65. The summed E-state index contributed by atoms with van der Waals surface area (Å²) in [5.74, 6) is 0.863. The summed E-state index contributed by atoms with van der Waals surface area (Å²) < 4.78 is 5.41. The van der Waals surface area contributed by atoms with Gasteiger partial charge in [0, 0.05) is 24.0 Å². The van der Waals surface area contributed by atoms with E-state index in [4.69, 9.17) is 4.74 Å². The Morgan fingerprint density at radius 3 is 2.67 bits per heavy atom. The van der Waals surface area contributed by atoms with Gasteiger partial charge in [0.1, 0.15) is 5.75 Å². The Balaban J connectivity index is 1.91. The number of nitrogens with zero attached hydrogens (tertiary/aromatic N) is 1. The second kappa shape index (κ2) is 7.19. The lowest BCUT2D eigenvalue weighted by Gasteiger charge is -2.14. The Morgan fingerprint density at radius 1 is 1.38 bits per heavy atom. The Kier molecular flexibility index (Phi) is 5.30. The zero-order valence-electron chi connectivity index (χ0n) is 12.0. The highest BCUT2D eigenvalue weighted by Crippen LogP contribution is 2.23. The molecule has 6 heteroatoms. The van der Waals surface area contributed by atoms with Crippen LogP contribution < -0.4 is 10.1 Å². The molecule has 5 nitrogen and oxygen atoms in total. The lowest BCUT2D eigenvalue weighted by molar-refractivity contribution is -0.380. The van der Waals surface area contributed by atoms with Crippen molar-refractivity contribution in [1.82, 2.24) is 5.32 Å². The molecule has 0 spiro atoms. The van der Waals surface area contributed by atoms with Crippen LogP contribution in [0.5, 0.6) is 5.75 Å². The molecular formula is C15H18N2O3S. The fourth-order valence-corrected chi connectivity index (χ4v) is 2.69. The van der Waals surface area contributed by atoms with Crippen molar-refractivity contribution < 1.29 is 9.66 Å². The maximum Gasteiger partial charge on any atom is 0.324 e. The van der Waals surface area contributed by atoms with Crippen LogP contribution >= 0.6 is 11.3 Å². The summed E-state index contributed by atoms with van der Waals surface area (Å²) in [5, 5.41) is 16.0. The van der Waals surface area contributed by atoms with Gasteiger partial charge in [-0.15, -0.1) is 0 Å². The third-order valence-electron chi connectivity index (χ3n) is 3.12. The Hall–Kier alpha value is -1.92. The molecule has 0 bridgehead atoms. The molecule has 2 aromatic rings. The summed E-state index contributed by atoms with van der Waals surface area (Å²) in [6.45, 7) is 5.29. The first-order chi connectivity index (χ1) is 10.1. The van der Waals surface area contributed by atoms with Crippen molar-refractivity contribution in [3.8, 4) is 5.75 Å². The van der Waals surface area contributed by atoms with E-state index in [2.05, 4.69) is 12.2 Å². The molecule has 0 amide bonds. The van der Waals surface area contributed by atoms with Crippen LogP contribution in [0.3, 0.4) is 0 Å². The van der Waals surface area contributed by atoms with E-state index in [-0.39, 0.29) is 16.0 Å². The normalized spacial score (nSPS) is 12.1. The molecule has 1 N–H and O–H groups in total. The second-order valence-corrected chi connectivity index (χ2v) is 5.54. The number of thiophene rings is 1. The van der Waals surface area contributed by atoms with Gasteiger partial charge in [-0.25, -0.2) is 0 Å². The molecule has 0 aliphatic rings. The molecule has 0 saturated heterocycles. The summed E-state index contributed by atoms with van der Waals surface area (Å²) in [6, 6.07) is 9.73. The maximum absolute atomic E-state index is 10.6. The third kappa shape index (κ3) is 4.27. The molecule has 0 fully saturated rings. The van der Waals surface area contributed by atoms with Gasteiger partial charge in [0.15, 0.2) is 0 Å². The summed E-state index contributed by atoms with van der Waals surface area (Å²) in [4.78, 5) is 10.3. The molecule has 1 unspecified atom stereocenters. The van der Waals surface area contributed by atoms with Crippen molar-refractivity contribution in [2.45, 2.75) is 26.4 Å². The average molecular weight is 306 g/mol. The maximum atomic E-state index is 10.6. The summed E-state index contributed by atoms with van der Waals surface area (Å²) in [7, 11) is 0. The Bertz CT molecular complexity index is 595. The van der Waals surface area contributed by atoms with E-state index in [0.717, 1.165) is 28.2 Å². The van der Waals surface area contributed by atoms with Crippen molar-refractivity contribution in [2.24, 2.45) is 0 Å². The number of benzene rings is 1. The fourth-order valence-electron chi connectivity index (χ4n) is 1.96. The standard InChI is InChI=1S/C15H18N2O3S/c1-3-20-14-6-4-13(5-7-14)11(2)16-9-12-8-15(17(18)19)21-10-12/h4-8,10-11,16H,3,9H2,1-2H3. The van der Waals surface area contributed by atoms with Crippen LogP contribution in [-0.2, 0) is 6.54 Å². The average Bonchev–Trinajstić information content (AvgIpc) is 2.95. The van der Waals surface area contributed by atoms with Gasteiger partial charge in [-0.05, 0) is 37.1 Å². The minimum atomic E-state index is -0.357. The van der Waals surface area contributed by atoms with Gasteiger partial charge in [0.25, 0.3) is 0 Å². The number of nitro groups is 1. The van der Waals surface area contributed by atoms with E-state index >= 15 is 0 Å². The van der Waals surface area contributed by atoms with E-state index in [0.29, 0.717) is 13.2 Å². The number of ether oxygens (including phenoxy) is 1. The van der Waals surface area contributed by atoms with Crippen LogP contribution in [0.2, 0.25) is 0 Å². The quantitative estimate of drug-likeness (QED) is 0.622. The first-order valence-corrected chi connectivity index (χ1v) is 7.66. The third-order valence-corrected chi connectivity index (χ3v) is 4.05. The highest BCUT2D eigenvalue weighted by molar-refractivity contribution is 7.13. The molecule has 2 rings (SSSR count). The van der Waals surface area contributed by atoms with E-state index in [1.807, 2.05) is 36.6 Å². The minimum absolute atomic E-state index is 0.166. The molecule has 1 heterocycles.